The van der Waals surface area contributed by atoms with Crippen LogP contribution in [0.5, 0.6) is 0 Å². The molecular weight excluding hydrogens is 220 g/mol. The Labute approximate surface area is 100 Å². The number of carbonyl (C=O) groups is 1. The molecule has 0 aliphatic carbocycles. The van der Waals surface area contributed by atoms with E-state index in [0.29, 0.717) is 6.42 Å². The van der Waals surface area contributed by atoms with Gasteiger partial charge in [0.1, 0.15) is 0 Å². The van der Waals surface area contributed by atoms with Crippen LogP contribution < -0.4 is 10.6 Å². The molecule has 0 spiro atoms. The number of carbonyl (C=O) groups excluding carboxylic acids is 1. The van der Waals surface area contributed by atoms with Gasteiger partial charge in [-0.15, -0.1) is 0 Å². The summed E-state index contributed by atoms with van der Waals surface area (Å²) in [5.74, 6) is 0.00310. The third-order valence-corrected chi connectivity index (χ3v) is 3.62. The summed E-state index contributed by atoms with van der Waals surface area (Å²) in [6.07, 6.45) is 0.381. The first-order chi connectivity index (χ1) is 7.58. The SMILES string of the molecule is CNC(=O)C[C@]1(C)C(=S)Nc2ccccc21. The molecule has 2 rings (SSSR count). The molecule has 1 aromatic carbocycles. The van der Waals surface area contributed by atoms with Crippen molar-refractivity contribution in [1.29, 1.82) is 0 Å². The van der Waals surface area contributed by atoms with Crippen molar-refractivity contribution in [1.82, 2.24) is 5.32 Å². The van der Waals surface area contributed by atoms with Crippen LogP contribution in [0.3, 0.4) is 0 Å². The van der Waals surface area contributed by atoms with Crippen molar-refractivity contribution in [3.63, 3.8) is 0 Å². The summed E-state index contributed by atoms with van der Waals surface area (Å²) >= 11 is 5.33. The quantitative estimate of drug-likeness (QED) is 0.767. The van der Waals surface area contributed by atoms with Crippen LogP contribution in [0.2, 0.25) is 0 Å². The molecule has 1 amide bonds. The normalized spacial score (nSPS) is 22.5. The third-order valence-electron chi connectivity index (χ3n) is 3.06. The summed E-state index contributed by atoms with van der Waals surface area (Å²) in [5.41, 5.74) is 1.73. The summed E-state index contributed by atoms with van der Waals surface area (Å²) in [6.45, 7) is 2.00. The summed E-state index contributed by atoms with van der Waals surface area (Å²) in [7, 11) is 1.64. The Balaban J connectivity index is 2.40. The van der Waals surface area contributed by atoms with Crippen LogP contribution in [-0.2, 0) is 10.2 Å². The smallest absolute Gasteiger partial charge is 0.221 e. The Bertz CT molecular complexity index is 458. The van der Waals surface area contributed by atoms with Crippen LogP contribution in [0.1, 0.15) is 18.9 Å². The van der Waals surface area contributed by atoms with Gasteiger partial charge in [-0.1, -0.05) is 30.4 Å². The molecule has 2 N–H and O–H groups in total. The van der Waals surface area contributed by atoms with Crippen molar-refractivity contribution in [3.05, 3.63) is 29.8 Å². The maximum atomic E-state index is 11.5. The van der Waals surface area contributed by atoms with Gasteiger partial charge in [0.25, 0.3) is 0 Å². The number of hydrogen-bond acceptors (Lipinski definition) is 2. The first kappa shape index (κ1) is 11.1. The molecule has 0 bridgehead atoms. The van der Waals surface area contributed by atoms with Gasteiger partial charge in [0.2, 0.25) is 5.91 Å². The topological polar surface area (TPSA) is 41.1 Å². The van der Waals surface area contributed by atoms with E-state index in [0.717, 1.165) is 16.2 Å². The molecule has 84 valence electrons. The fourth-order valence-corrected chi connectivity index (χ4v) is 2.33. The van der Waals surface area contributed by atoms with E-state index in [1.807, 2.05) is 31.2 Å². The van der Waals surface area contributed by atoms with Crippen LogP contribution in [0.25, 0.3) is 0 Å². The summed E-state index contributed by atoms with van der Waals surface area (Å²) in [6, 6.07) is 7.93. The second-order valence-corrected chi connectivity index (χ2v) is 4.59. The molecule has 1 aliphatic rings. The lowest BCUT2D eigenvalue weighted by Gasteiger charge is -2.23. The van der Waals surface area contributed by atoms with Gasteiger partial charge < -0.3 is 10.6 Å². The van der Waals surface area contributed by atoms with E-state index in [9.17, 15) is 4.79 Å². The molecular formula is C12H14N2OS. The van der Waals surface area contributed by atoms with Gasteiger partial charge in [-0.2, -0.15) is 0 Å². The molecule has 4 heteroatoms. The minimum atomic E-state index is -0.383. The molecule has 1 atom stereocenters. The zero-order valence-corrected chi connectivity index (χ0v) is 10.1. The maximum absolute atomic E-state index is 11.5. The highest BCUT2D eigenvalue weighted by Gasteiger charge is 2.40. The van der Waals surface area contributed by atoms with Crippen molar-refractivity contribution in [3.8, 4) is 0 Å². The number of rotatable bonds is 2. The molecule has 1 aliphatic heterocycles. The lowest BCUT2D eigenvalue weighted by atomic mass is 9.81. The molecule has 0 saturated carbocycles. The van der Waals surface area contributed by atoms with Gasteiger partial charge in [0.15, 0.2) is 0 Å². The lowest BCUT2D eigenvalue weighted by molar-refractivity contribution is -0.121. The maximum Gasteiger partial charge on any atom is 0.221 e. The first-order valence-electron chi connectivity index (χ1n) is 5.19. The van der Waals surface area contributed by atoms with Crippen molar-refractivity contribution in [2.75, 3.05) is 12.4 Å². The van der Waals surface area contributed by atoms with Gasteiger partial charge in [0.05, 0.1) is 10.4 Å². The molecule has 0 radical (unpaired) electrons. The zero-order valence-electron chi connectivity index (χ0n) is 9.33. The highest BCUT2D eigenvalue weighted by molar-refractivity contribution is 7.80. The number of fused-ring (bicyclic) bond motifs is 1. The van der Waals surface area contributed by atoms with Crippen molar-refractivity contribution < 1.29 is 4.79 Å². The van der Waals surface area contributed by atoms with E-state index >= 15 is 0 Å². The second kappa shape index (κ2) is 3.87. The molecule has 1 heterocycles. The molecule has 0 unspecified atom stereocenters. The van der Waals surface area contributed by atoms with Crippen LogP contribution in [0, 0.1) is 0 Å². The van der Waals surface area contributed by atoms with E-state index in [-0.39, 0.29) is 11.3 Å². The monoisotopic (exact) mass is 234 g/mol. The largest absolute Gasteiger partial charge is 0.359 e. The van der Waals surface area contributed by atoms with Crippen LogP contribution in [-0.4, -0.2) is 17.9 Å². The highest BCUT2D eigenvalue weighted by Crippen LogP contribution is 2.40. The molecule has 16 heavy (non-hydrogen) atoms. The Kier molecular flexibility index (Phi) is 2.68. The van der Waals surface area contributed by atoms with Crippen LogP contribution in [0.4, 0.5) is 5.69 Å². The van der Waals surface area contributed by atoms with E-state index in [1.165, 1.54) is 0 Å². The molecule has 3 nitrogen and oxygen atoms in total. The van der Waals surface area contributed by atoms with E-state index in [4.69, 9.17) is 12.2 Å². The summed E-state index contributed by atoms with van der Waals surface area (Å²) in [4.78, 5) is 12.2. The zero-order chi connectivity index (χ0) is 11.8. The molecule has 0 saturated heterocycles. The van der Waals surface area contributed by atoms with Gasteiger partial charge >= 0.3 is 0 Å². The molecule has 0 aromatic heterocycles. The Morgan fingerprint density at radius 1 is 1.50 bits per heavy atom. The summed E-state index contributed by atoms with van der Waals surface area (Å²) in [5, 5.41) is 5.81. The fourth-order valence-electron chi connectivity index (χ4n) is 2.04. The van der Waals surface area contributed by atoms with Crippen LogP contribution >= 0.6 is 12.2 Å². The Hall–Kier alpha value is -1.42. The van der Waals surface area contributed by atoms with E-state index in [1.54, 1.807) is 7.05 Å². The number of hydrogen-bond donors (Lipinski definition) is 2. The standard InChI is InChI=1S/C12H14N2OS/c1-12(7-10(15)13-2)8-5-3-4-6-9(8)14-11(12)16/h3-6H,7H2,1-2H3,(H,13,15)(H,14,16)/t12-/m0/s1. The van der Waals surface area contributed by atoms with E-state index < -0.39 is 0 Å². The third kappa shape index (κ3) is 1.59. The highest BCUT2D eigenvalue weighted by atomic mass is 32.1. The number of benzene rings is 1. The van der Waals surface area contributed by atoms with Gasteiger partial charge in [-0.3, -0.25) is 4.79 Å². The average Bonchev–Trinajstić information content (AvgIpc) is 2.52. The number of para-hydroxylation sites is 1. The van der Waals surface area contributed by atoms with E-state index in [2.05, 4.69) is 10.6 Å². The number of thiocarbonyl (C=S) groups is 1. The number of amides is 1. The second-order valence-electron chi connectivity index (χ2n) is 4.18. The predicted octanol–water partition coefficient (Wildman–Crippen LogP) is 1.83. The minimum Gasteiger partial charge on any atom is -0.359 e. The predicted molar refractivity (Wildman–Crippen MR) is 68.7 cm³/mol. The fraction of sp³-hybridized carbons (Fsp3) is 0.333. The van der Waals surface area contributed by atoms with Crippen molar-refractivity contribution in [2.24, 2.45) is 0 Å². The lowest BCUT2D eigenvalue weighted by Crippen LogP contribution is -2.35. The van der Waals surface area contributed by atoms with Crippen molar-refractivity contribution in [2.45, 2.75) is 18.8 Å². The number of nitrogens with one attached hydrogen (secondary N) is 2. The summed E-state index contributed by atoms with van der Waals surface area (Å²) < 4.78 is 0. The van der Waals surface area contributed by atoms with Crippen LogP contribution in [0.15, 0.2) is 24.3 Å². The van der Waals surface area contributed by atoms with Crippen molar-refractivity contribution >= 4 is 28.8 Å². The van der Waals surface area contributed by atoms with Gasteiger partial charge in [0, 0.05) is 19.2 Å². The Morgan fingerprint density at radius 2 is 2.19 bits per heavy atom. The Morgan fingerprint density at radius 3 is 2.88 bits per heavy atom. The molecule has 0 fully saturated rings. The minimum absolute atomic E-state index is 0.00310. The average molecular weight is 234 g/mol. The van der Waals surface area contributed by atoms with Gasteiger partial charge in [-0.25, -0.2) is 0 Å². The first-order valence-corrected chi connectivity index (χ1v) is 5.60. The van der Waals surface area contributed by atoms with Gasteiger partial charge in [-0.05, 0) is 18.6 Å². The molecule has 1 aromatic rings. The number of anilines is 1.